The van der Waals surface area contributed by atoms with Crippen molar-refractivity contribution in [2.45, 2.75) is 211 Å². The summed E-state index contributed by atoms with van der Waals surface area (Å²) in [5.41, 5.74) is 0. The number of carbonyl (C=O) groups is 2. The van der Waals surface area contributed by atoms with Crippen LogP contribution in [0.2, 0.25) is 0 Å². The van der Waals surface area contributed by atoms with Gasteiger partial charge in [0.15, 0.2) is 6.10 Å². The highest BCUT2D eigenvalue weighted by Crippen LogP contribution is 2.43. The molecule has 2 atom stereocenters. The molecule has 0 spiro atoms. The Hall–Kier alpha value is -1.63. The molecule has 59 heavy (non-hydrogen) atoms. The number of aromatic nitrogens is 1. The topological polar surface area (TPSA) is 157 Å². The number of hydrogen-bond donors (Lipinski definition) is 1. The van der Waals surface area contributed by atoms with Gasteiger partial charge in [0.2, 0.25) is 0 Å². The van der Waals surface area contributed by atoms with E-state index in [4.69, 9.17) is 18.5 Å². The summed E-state index contributed by atoms with van der Waals surface area (Å²) in [6, 6.07) is 5.62. The molecular weight excluding hydrogens is 808 g/mol. The van der Waals surface area contributed by atoms with Crippen molar-refractivity contribution in [1.29, 1.82) is 0 Å². The molecule has 0 saturated heterocycles. The lowest BCUT2D eigenvalue weighted by Gasteiger charge is -2.20. The Labute approximate surface area is 366 Å². The molecule has 0 amide bonds. The van der Waals surface area contributed by atoms with E-state index in [0.29, 0.717) is 18.6 Å². The van der Waals surface area contributed by atoms with Crippen LogP contribution in [0, 0.1) is 0 Å². The molecule has 0 fully saturated rings. The Morgan fingerprint density at radius 2 is 1.19 bits per heavy atom. The molecule has 1 unspecified atom stereocenters. The monoisotopic (exact) mass is 888 g/mol. The van der Waals surface area contributed by atoms with Gasteiger partial charge in [-0.15, -0.1) is 0 Å². The fourth-order valence-corrected chi connectivity index (χ4v) is 9.04. The molecule has 0 aromatic carbocycles. The van der Waals surface area contributed by atoms with Crippen LogP contribution < -0.4 is 5.11 Å². The molecule has 1 aromatic heterocycles. The zero-order valence-corrected chi connectivity index (χ0v) is 39.3. The van der Waals surface area contributed by atoms with Gasteiger partial charge in [-0.25, -0.2) is 9.55 Å². The van der Waals surface area contributed by atoms with Crippen molar-refractivity contribution in [1.82, 2.24) is 4.98 Å². The van der Waals surface area contributed by atoms with Crippen molar-refractivity contribution in [2.75, 3.05) is 32.1 Å². The molecule has 1 aromatic rings. The lowest BCUT2D eigenvalue weighted by Crippen LogP contribution is -2.29. The number of esters is 2. The first-order valence-corrected chi connectivity index (χ1v) is 26.9. The average molecular weight is 888 g/mol. The molecule has 0 aliphatic rings. The van der Waals surface area contributed by atoms with Gasteiger partial charge in [-0.1, -0.05) is 185 Å². The lowest BCUT2D eigenvalue weighted by atomic mass is 10.0. The van der Waals surface area contributed by atoms with Crippen molar-refractivity contribution < 1.29 is 42.7 Å². The van der Waals surface area contributed by atoms with Gasteiger partial charge in [-0.3, -0.25) is 18.6 Å². The summed E-state index contributed by atoms with van der Waals surface area (Å²) in [4.78, 5) is 43.7. The predicted octanol–water partition coefficient (Wildman–Crippen LogP) is 12.5. The van der Waals surface area contributed by atoms with Gasteiger partial charge in [-0.2, -0.15) is 0 Å². The Bertz CT molecular complexity index is 1220. The normalized spacial score (nSPS) is 13.3. The Morgan fingerprint density at radius 1 is 0.695 bits per heavy atom. The van der Waals surface area contributed by atoms with Gasteiger partial charge in [0.25, 0.3) is 0 Å². The van der Waals surface area contributed by atoms with E-state index in [0.717, 1.165) is 37.1 Å². The number of nitrogens with zero attached hydrogens (tertiary/aromatic N) is 2. The van der Waals surface area contributed by atoms with Crippen LogP contribution in [-0.2, 0) is 32.7 Å². The summed E-state index contributed by atoms with van der Waals surface area (Å²) in [7, 11) is -1.61. The Kier molecular flexibility index (Phi) is 38.0. The summed E-state index contributed by atoms with van der Waals surface area (Å²) in [6.45, 7) is 3.28. The maximum Gasteiger partial charge on any atom is 0.472 e. The Balaban J connectivity index is 2.39. The van der Waals surface area contributed by atoms with E-state index in [9.17, 15) is 24.2 Å². The Morgan fingerprint density at radius 3 is 1.68 bits per heavy atom. The van der Waals surface area contributed by atoms with Crippen LogP contribution in [0.3, 0.4) is 0 Å². The van der Waals surface area contributed by atoms with Crippen LogP contribution in [-0.4, -0.2) is 65.9 Å². The zero-order chi connectivity index (χ0) is 42.9. The average Bonchev–Trinajstić information content (AvgIpc) is 3.23. The zero-order valence-electron chi connectivity index (χ0n) is 36.8. The molecule has 0 aliphatic heterocycles. The largest absolute Gasteiger partial charge is 0.862 e. The highest BCUT2D eigenvalue weighted by molar-refractivity contribution is 8.76. The second-order valence-corrected chi connectivity index (χ2v) is 19.4. The number of hydrogen-bond acceptors (Lipinski definition) is 12. The molecule has 1 rings (SSSR count). The number of phosphoric ester groups is 1. The maximum atomic E-state index is 12.7. The molecule has 11 nitrogen and oxygen atoms in total. The van der Waals surface area contributed by atoms with Gasteiger partial charge in [0.05, 0.1) is 19.8 Å². The molecule has 1 N–H and O–H groups in total. The molecule has 342 valence electrons. The standard InChI is InChI=1S/C45H81N2O9PS2/c1-3-5-7-9-11-13-15-17-19-21-23-25-27-32-44(49)53-39-41(56-45(50)33-28-26-24-22-20-18-16-14-12-10-8-6-4-2)40-55-57(51,52)54-37-36-46-42(48)34-38-58-59-43-31-29-30-35-47-43/h29-31,35,41H,3-28,32-34,36-40H2,1-2H3,(H,46,48)(H,51,52)/p-1/t41-/m1/s1. The maximum absolute atomic E-state index is 12.7. The first kappa shape index (κ1) is 55.4. The number of ether oxygens (including phenoxy) is 2. The van der Waals surface area contributed by atoms with Crippen LogP contribution >= 0.6 is 29.4 Å². The summed E-state index contributed by atoms with van der Waals surface area (Å²) < 4.78 is 33.7. The molecule has 0 radical (unpaired) electrons. The van der Waals surface area contributed by atoms with E-state index in [-0.39, 0.29) is 44.9 Å². The van der Waals surface area contributed by atoms with E-state index < -0.39 is 32.5 Å². The first-order chi connectivity index (χ1) is 28.8. The second kappa shape index (κ2) is 40.4. The van der Waals surface area contributed by atoms with Crippen molar-refractivity contribution in [3.8, 4) is 0 Å². The van der Waals surface area contributed by atoms with E-state index >= 15 is 0 Å². The van der Waals surface area contributed by atoms with E-state index in [1.165, 1.54) is 144 Å². The fraction of sp³-hybridized carbons (Fsp3) is 0.822. The highest BCUT2D eigenvalue weighted by atomic mass is 33.1. The third-order valence-corrected chi connectivity index (χ3v) is 13.2. The predicted molar refractivity (Wildman–Crippen MR) is 243 cm³/mol. The van der Waals surface area contributed by atoms with Gasteiger partial charge >= 0.3 is 19.8 Å². The smallest absolute Gasteiger partial charge is 0.472 e. The quantitative estimate of drug-likeness (QED) is 0.0166. The summed E-state index contributed by atoms with van der Waals surface area (Å²) in [5, 5.41) is 13.0. The summed E-state index contributed by atoms with van der Waals surface area (Å²) >= 11 is 0. The first-order valence-electron chi connectivity index (χ1n) is 23.1. The van der Waals surface area contributed by atoms with E-state index in [1.807, 2.05) is 18.2 Å². The molecule has 0 bridgehead atoms. The van der Waals surface area contributed by atoms with Crippen LogP contribution in [0.15, 0.2) is 34.4 Å². The van der Waals surface area contributed by atoms with Crippen LogP contribution in [0.25, 0.3) is 0 Å². The van der Waals surface area contributed by atoms with Gasteiger partial charge < -0.3 is 24.5 Å². The van der Waals surface area contributed by atoms with Crippen molar-refractivity contribution in [3.05, 3.63) is 24.4 Å². The third kappa shape index (κ3) is 37.8. The number of phosphoric acid groups is 1. The van der Waals surface area contributed by atoms with E-state index in [2.05, 4.69) is 23.8 Å². The van der Waals surface area contributed by atoms with Crippen LogP contribution in [0.1, 0.15) is 200 Å². The van der Waals surface area contributed by atoms with Gasteiger partial charge in [0, 0.05) is 24.8 Å². The third-order valence-electron chi connectivity index (χ3n) is 9.94. The fourth-order valence-electron chi connectivity index (χ4n) is 6.44. The number of pyridine rings is 1. The van der Waals surface area contributed by atoms with Crippen molar-refractivity contribution >= 4 is 47.2 Å². The number of rotatable bonds is 43. The van der Waals surface area contributed by atoms with Crippen LogP contribution in [0.4, 0.5) is 0 Å². The highest BCUT2D eigenvalue weighted by Gasteiger charge is 2.26. The lowest BCUT2D eigenvalue weighted by molar-refractivity contribution is -0.218. The number of carbonyl (C=O) groups excluding carboxylic acids is 2. The second-order valence-electron chi connectivity index (χ2n) is 15.5. The summed E-state index contributed by atoms with van der Waals surface area (Å²) in [6.07, 6.45) is 32.5. The minimum absolute atomic E-state index is 0.112. The molecule has 1 heterocycles. The van der Waals surface area contributed by atoms with E-state index in [1.54, 1.807) is 6.20 Å². The number of aliphatic imine (C=N–C) groups is 1. The minimum atomic E-state index is -4.57. The minimum Gasteiger partial charge on any atom is -0.862 e. The SMILES string of the molecule is CCCCCCCCCCCCCCCC(=O)OC[C@H](COP(=O)(O)OCCN=C([O-])CCSSc1ccccn1)OC(=O)CCCCCCCCCCCCCCC. The van der Waals surface area contributed by atoms with Crippen LogP contribution in [0.5, 0.6) is 0 Å². The van der Waals surface area contributed by atoms with Gasteiger partial charge in [0.1, 0.15) is 11.6 Å². The van der Waals surface area contributed by atoms with Crippen molar-refractivity contribution in [2.24, 2.45) is 4.99 Å². The van der Waals surface area contributed by atoms with Crippen molar-refractivity contribution in [3.63, 3.8) is 0 Å². The molecule has 14 heteroatoms. The summed E-state index contributed by atoms with van der Waals surface area (Å²) in [5.74, 6) is -0.687. The molecule has 0 saturated carbocycles. The molecule has 0 aliphatic carbocycles. The molecular formula is C45H80N2O9PS2-. The number of unbranched alkanes of at least 4 members (excludes halogenated alkanes) is 24. The van der Waals surface area contributed by atoms with Gasteiger partial charge in [-0.05, 0) is 48.1 Å².